The first-order chi connectivity index (χ1) is 13.1. The average molecular weight is 416 g/mol. The molecule has 6 nitrogen and oxygen atoms in total. The molecule has 2 N–H and O–H groups in total. The molecule has 0 aliphatic rings. The van der Waals surface area contributed by atoms with Crippen molar-refractivity contribution < 1.29 is 31.1 Å². The van der Waals surface area contributed by atoms with Gasteiger partial charge in [0.25, 0.3) is 0 Å². The molecule has 0 bridgehead atoms. The molecule has 2 rings (SSSR count). The summed E-state index contributed by atoms with van der Waals surface area (Å²) >= 11 is 0. The van der Waals surface area contributed by atoms with Crippen molar-refractivity contribution in [3.63, 3.8) is 0 Å². The van der Waals surface area contributed by atoms with Crippen molar-refractivity contribution in [1.29, 1.82) is 0 Å². The highest BCUT2D eigenvalue weighted by atomic mass is 32.2. The van der Waals surface area contributed by atoms with Crippen LogP contribution in [0.2, 0.25) is 0 Å². The van der Waals surface area contributed by atoms with Crippen LogP contribution in [-0.2, 0) is 27.5 Å². The lowest BCUT2D eigenvalue weighted by atomic mass is 10.1. The molecule has 0 aliphatic carbocycles. The maximum atomic E-state index is 12.7. The van der Waals surface area contributed by atoms with Crippen LogP contribution < -0.4 is 14.8 Å². The van der Waals surface area contributed by atoms with E-state index in [9.17, 15) is 26.4 Å². The Kier molecular flexibility index (Phi) is 7.03. The number of alkyl halides is 3. The molecule has 0 heterocycles. The fourth-order valence-corrected chi connectivity index (χ4v) is 3.32. The van der Waals surface area contributed by atoms with Crippen LogP contribution >= 0.6 is 0 Å². The van der Waals surface area contributed by atoms with Gasteiger partial charge in [0, 0.05) is 19.5 Å². The number of carbonyl (C=O) groups is 1. The van der Waals surface area contributed by atoms with E-state index in [4.69, 9.17) is 4.74 Å². The summed E-state index contributed by atoms with van der Waals surface area (Å²) in [6.45, 7) is -0.239. The summed E-state index contributed by atoms with van der Waals surface area (Å²) in [6.07, 6.45) is -4.62. The molecule has 1 amide bonds. The van der Waals surface area contributed by atoms with E-state index in [1.807, 2.05) is 0 Å². The molecule has 10 heteroatoms. The van der Waals surface area contributed by atoms with Crippen LogP contribution in [0.3, 0.4) is 0 Å². The standard InChI is InChI=1S/C18H19F3N2O4S/c1-27-15-5-7-16(8-6-15)28(25,26)23-10-9-17(24)22-12-13-3-2-4-14(11-13)18(19,20)21/h2-8,11,23H,9-10,12H2,1H3,(H,22,24). The molecule has 0 spiro atoms. The van der Waals surface area contributed by atoms with E-state index < -0.39 is 27.7 Å². The smallest absolute Gasteiger partial charge is 0.416 e. The maximum Gasteiger partial charge on any atom is 0.416 e. The van der Waals surface area contributed by atoms with Gasteiger partial charge in [0.1, 0.15) is 5.75 Å². The van der Waals surface area contributed by atoms with Crippen molar-refractivity contribution in [2.24, 2.45) is 0 Å². The second kappa shape index (κ2) is 9.07. The van der Waals surface area contributed by atoms with E-state index in [0.29, 0.717) is 11.3 Å². The molecule has 0 atom stereocenters. The Morgan fingerprint density at radius 3 is 2.39 bits per heavy atom. The molecule has 2 aromatic rings. The van der Waals surface area contributed by atoms with Gasteiger partial charge in [-0.2, -0.15) is 13.2 Å². The lowest BCUT2D eigenvalue weighted by Gasteiger charge is -2.10. The van der Waals surface area contributed by atoms with Crippen LogP contribution in [0.4, 0.5) is 13.2 Å². The number of nitrogens with one attached hydrogen (secondary N) is 2. The van der Waals surface area contributed by atoms with E-state index >= 15 is 0 Å². The predicted octanol–water partition coefficient (Wildman–Crippen LogP) is 2.70. The zero-order chi connectivity index (χ0) is 20.8. The Bertz CT molecular complexity index is 913. The molecule has 152 valence electrons. The zero-order valence-corrected chi connectivity index (χ0v) is 15.7. The molecule has 0 unspecified atom stereocenters. The Labute approximate surface area is 160 Å². The molecular formula is C18H19F3N2O4S. The number of amides is 1. The second-order valence-corrected chi connectivity index (χ2v) is 7.57. The number of methoxy groups -OCH3 is 1. The van der Waals surface area contributed by atoms with E-state index in [0.717, 1.165) is 12.1 Å². The number of carbonyl (C=O) groups excluding carboxylic acids is 1. The zero-order valence-electron chi connectivity index (χ0n) is 14.9. The molecule has 28 heavy (non-hydrogen) atoms. The molecule has 0 saturated carbocycles. The van der Waals surface area contributed by atoms with Gasteiger partial charge in [-0.15, -0.1) is 0 Å². The first-order valence-corrected chi connectivity index (χ1v) is 9.67. The van der Waals surface area contributed by atoms with Crippen molar-refractivity contribution in [1.82, 2.24) is 10.0 Å². The number of hydrogen-bond donors (Lipinski definition) is 2. The number of ether oxygens (including phenoxy) is 1. The van der Waals surface area contributed by atoms with E-state index in [2.05, 4.69) is 10.0 Å². The second-order valence-electron chi connectivity index (χ2n) is 5.80. The summed E-state index contributed by atoms with van der Waals surface area (Å²) in [6, 6.07) is 10.3. The molecule has 0 aliphatic heterocycles. The minimum absolute atomic E-state index is 0.0256. The molecule has 2 aromatic carbocycles. The Balaban J connectivity index is 1.82. The summed E-state index contributed by atoms with van der Waals surface area (Å²) in [5.74, 6) is 0.0164. The Morgan fingerprint density at radius 2 is 1.79 bits per heavy atom. The third-order valence-electron chi connectivity index (χ3n) is 3.76. The van der Waals surface area contributed by atoms with Crippen LogP contribution in [0.5, 0.6) is 5.75 Å². The Hall–Kier alpha value is -2.59. The van der Waals surface area contributed by atoms with Crippen LogP contribution in [0.1, 0.15) is 17.5 Å². The van der Waals surface area contributed by atoms with Crippen molar-refractivity contribution >= 4 is 15.9 Å². The van der Waals surface area contributed by atoms with Crippen LogP contribution in [0.25, 0.3) is 0 Å². The van der Waals surface area contributed by atoms with Gasteiger partial charge in [-0.3, -0.25) is 4.79 Å². The Morgan fingerprint density at radius 1 is 1.11 bits per heavy atom. The number of hydrogen-bond acceptors (Lipinski definition) is 4. The van der Waals surface area contributed by atoms with Gasteiger partial charge < -0.3 is 10.1 Å². The van der Waals surface area contributed by atoms with Gasteiger partial charge in [-0.05, 0) is 42.0 Å². The maximum absolute atomic E-state index is 12.7. The first kappa shape index (κ1) is 21.7. The number of benzene rings is 2. The lowest BCUT2D eigenvalue weighted by Crippen LogP contribution is -2.30. The first-order valence-electron chi connectivity index (χ1n) is 8.18. The summed E-state index contributed by atoms with van der Waals surface area (Å²) in [7, 11) is -2.32. The van der Waals surface area contributed by atoms with Gasteiger partial charge in [-0.25, -0.2) is 13.1 Å². The van der Waals surface area contributed by atoms with Crippen LogP contribution in [0.15, 0.2) is 53.4 Å². The van der Waals surface area contributed by atoms with Crippen molar-refractivity contribution in [2.75, 3.05) is 13.7 Å². The molecular weight excluding hydrogens is 397 g/mol. The van der Waals surface area contributed by atoms with Crippen LogP contribution in [0, 0.1) is 0 Å². The SMILES string of the molecule is COc1ccc(S(=O)(=O)NCCC(=O)NCc2cccc(C(F)(F)F)c2)cc1. The molecule has 0 fully saturated rings. The summed E-state index contributed by atoms with van der Waals surface area (Å²) < 4.78 is 69.5. The highest BCUT2D eigenvalue weighted by Gasteiger charge is 2.30. The van der Waals surface area contributed by atoms with Gasteiger partial charge >= 0.3 is 6.18 Å². The van der Waals surface area contributed by atoms with Gasteiger partial charge in [-0.1, -0.05) is 12.1 Å². The molecule has 0 radical (unpaired) electrons. The van der Waals surface area contributed by atoms with Crippen molar-refractivity contribution in [3.8, 4) is 5.75 Å². The largest absolute Gasteiger partial charge is 0.497 e. The molecule has 0 saturated heterocycles. The number of halogens is 3. The van der Waals surface area contributed by atoms with E-state index in [1.165, 1.54) is 43.5 Å². The minimum atomic E-state index is -4.46. The van der Waals surface area contributed by atoms with E-state index in [1.54, 1.807) is 0 Å². The monoisotopic (exact) mass is 416 g/mol. The summed E-state index contributed by atoms with van der Waals surface area (Å²) in [5.41, 5.74) is -0.506. The van der Waals surface area contributed by atoms with Gasteiger partial charge in [0.05, 0.1) is 17.6 Å². The predicted molar refractivity (Wildman–Crippen MR) is 96.1 cm³/mol. The highest BCUT2D eigenvalue weighted by Crippen LogP contribution is 2.29. The van der Waals surface area contributed by atoms with Crippen molar-refractivity contribution in [3.05, 3.63) is 59.7 Å². The minimum Gasteiger partial charge on any atom is -0.497 e. The highest BCUT2D eigenvalue weighted by molar-refractivity contribution is 7.89. The fraction of sp³-hybridized carbons (Fsp3) is 0.278. The lowest BCUT2D eigenvalue weighted by molar-refractivity contribution is -0.137. The number of sulfonamides is 1. The molecule has 0 aromatic heterocycles. The van der Waals surface area contributed by atoms with E-state index in [-0.39, 0.29) is 24.4 Å². The van der Waals surface area contributed by atoms with Crippen molar-refractivity contribution in [2.45, 2.75) is 24.0 Å². The van der Waals surface area contributed by atoms with Gasteiger partial charge in [0.2, 0.25) is 15.9 Å². The average Bonchev–Trinajstić information content (AvgIpc) is 2.66. The normalized spacial score (nSPS) is 11.9. The fourth-order valence-electron chi connectivity index (χ4n) is 2.28. The summed E-state index contributed by atoms with van der Waals surface area (Å²) in [5, 5.41) is 2.46. The third kappa shape index (κ3) is 6.24. The van der Waals surface area contributed by atoms with Crippen LogP contribution in [-0.4, -0.2) is 28.0 Å². The quantitative estimate of drug-likeness (QED) is 0.693. The topological polar surface area (TPSA) is 84.5 Å². The summed E-state index contributed by atoms with van der Waals surface area (Å²) in [4.78, 5) is 11.8. The number of rotatable bonds is 8. The third-order valence-corrected chi connectivity index (χ3v) is 5.23. The van der Waals surface area contributed by atoms with Gasteiger partial charge in [0.15, 0.2) is 0 Å².